The van der Waals surface area contributed by atoms with Crippen LogP contribution in [0.15, 0.2) is 11.3 Å². The second-order valence-electron chi connectivity index (χ2n) is 5.14. The van der Waals surface area contributed by atoms with E-state index >= 15 is 0 Å². The zero-order valence-corrected chi connectivity index (χ0v) is 10.9. The smallest absolute Gasteiger partial charge is 0.339 e. The van der Waals surface area contributed by atoms with Gasteiger partial charge in [-0.15, -0.1) is 0 Å². The first-order valence-corrected chi connectivity index (χ1v) is 6.03. The Bertz CT molecular complexity index is 403. The van der Waals surface area contributed by atoms with Crippen LogP contribution >= 0.6 is 0 Å². The Kier molecular flexibility index (Phi) is 3.12. The van der Waals surface area contributed by atoms with Crippen LogP contribution in [-0.4, -0.2) is 52.2 Å². The number of hydroxylamine groups is 2. The Labute approximate surface area is 106 Å². The molecule has 0 saturated carbocycles. The van der Waals surface area contributed by atoms with E-state index < -0.39 is 17.1 Å². The number of rotatable bonds is 4. The van der Waals surface area contributed by atoms with Gasteiger partial charge < -0.3 is 14.9 Å². The molecule has 2 aliphatic heterocycles. The molecule has 1 saturated heterocycles. The Hall–Kier alpha value is -1.11. The van der Waals surface area contributed by atoms with Gasteiger partial charge in [0.05, 0.1) is 31.1 Å². The third kappa shape index (κ3) is 1.56. The summed E-state index contributed by atoms with van der Waals surface area (Å²) in [5.74, 6) is -0.433. The lowest BCUT2D eigenvalue weighted by Gasteiger charge is -2.47. The van der Waals surface area contributed by atoms with E-state index in [1.807, 2.05) is 13.8 Å². The number of ether oxygens (including phenoxy) is 1. The first-order chi connectivity index (χ1) is 8.43. The molecule has 1 fully saturated rings. The van der Waals surface area contributed by atoms with Gasteiger partial charge in [0, 0.05) is 12.0 Å². The second-order valence-corrected chi connectivity index (χ2v) is 5.14. The largest absolute Gasteiger partial charge is 0.464 e. The number of esters is 1. The molecule has 1 unspecified atom stereocenters. The molecule has 2 heterocycles. The first-order valence-electron chi connectivity index (χ1n) is 6.03. The fourth-order valence-electron chi connectivity index (χ4n) is 2.78. The van der Waals surface area contributed by atoms with E-state index in [-0.39, 0.29) is 19.8 Å². The van der Waals surface area contributed by atoms with Crippen molar-refractivity contribution in [1.29, 1.82) is 0 Å². The molecule has 2 aliphatic rings. The Morgan fingerprint density at radius 1 is 1.44 bits per heavy atom. The molecule has 0 aliphatic carbocycles. The number of hydrogen-bond acceptors (Lipinski definition) is 6. The van der Waals surface area contributed by atoms with Gasteiger partial charge in [0.2, 0.25) is 0 Å². The number of hydrogen-bond donors (Lipinski definition) is 2. The third-order valence-electron chi connectivity index (χ3n) is 3.38. The van der Waals surface area contributed by atoms with Gasteiger partial charge in [0.25, 0.3) is 0 Å². The molecule has 18 heavy (non-hydrogen) atoms. The lowest BCUT2D eigenvalue weighted by molar-refractivity contribution is -0.215. The predicted octanol–water partition coefficient (Wildman–Crippen LogP) is -0.0435. The lowest BCUT2D eigenvalue weighted by atomic mass is 9.75. The Morgan fingerprint density at radius 3 is 2.61 bits per heavy atom. The molecule has 2 rings (SSSR count). The van der Waals surface area contributed by atoms with Gasteiger partial charge >= 0.3 is 5.97 Å². The minimum absolute atomic E-state index is 0.266. The number of aliphatic hydroxyl groups excluding tert-OH is 2. The standard InChI is InChI=1S/C12H19NO5/c1-4-17-10(16)12-7-11(2,3)18-13(12)9(6-15)8(12)5-14/h14-15H,4-7H2,1-3H3. The van der Waals surface area contributed by atoms with Crippen LogP contribution < -0.4 is 0 Å². The zero-order chi connectivity index (χ0) is 13.6. The molecule has 0 amide bonds. The molecular weight excluding hydrogens is 238 g/mol. The van der Waals surface area contributed by atoms with Crippen LogP contribution in [0.1, 0.15) is 27.2 Å². The highest BCUT2D eigenvalue weighted by atomic mass is 16.7. The number of carbonyl (C=O) groups excluding carboxylic acids is 1. The van der Waals surface area contributed by atoms with Crippen molar-refractivity contribution < 1.29 is 24.6 Å². The van der Waals surface area contributed by atoms with Gasteiger partial charge in [0.15, 0.2) is 5.54 Å². The summed E-state index contributed by atoms with van der Waals surface area (Å²) < 4.78 is 5.08. The predicted molar refractivity (Wildman–Crippen MR) is 62.2 cm³/mol. The molecule has 6 nitrogen and oxygen atoms in total. The average molecular weight is 257 g/mol. The highest BCUT2D eigenvalue weighted by Crippen LogP contribution is 2.53. The van der Waals surface area contributed by atoms with Gasteiger partial charge in [-0.1, -0.05) is 0 Å². The fourth-order valence-corrected chi connectivity index (χ4v) is 2.78. The molecule has 0 aromatic rings. The minimum atomic E-state index is -1.06. The molecular formula is C12H19NO5. The van der Waals surface area contributed by atoms with E-state index in [1.165, 1.54) is 5.06 Å². The fraction of sp³-hybridized carbons (Fsp3) is 0.750. The van der Waals surface area contributed by atoms with Gasteiger partial charge in [-0.2, -0.15) is 0 Å². The number of aliphatic hydroxyl groups is 2. The highest BCUT2D eigenvalue weighted by molar-refractivity contribution is 5.88. The van der Waals surface area contributed by atoms with E-state index in [9.17, 15) is 15.0 Å². The van der Waals surface area contributed by atoms with Crippen molar-refractivity contribution in [3.05, 3.63) is 11.3 Å². The monoisotopic (exact) mass is 257 g/mol. The van der Waals surface area contributed by atoms with Crippen molar-refractivity contribution in [2.45, 2.75) is 38.3 Å². The summed E-state index contributed by atoms with van der Waals surface area (Å²) in [6, 6.07) is 0. The molecule has 0 aromatic carbocycles. The quantitative estimate of drug-likeness (QED) is 0.688. The summed E-state index contributed by atoms with van der Waals surface area (Å²) in [4.78, 5) is 17.8. The van der Waals surface area contributed by atoms with Gasteiger partial charge in [0.1, 0.15) is 0 Å². The summed E-state index contributed by atoms with van der Waals surface area (Å²) in [6.45, 7) is 5.15. The van der Waals surface area contributed by atoms with E-state index in [4.69, 9.17) is 9.57 Å². The molecule has 102 valence electrons. The first kappa shape index (κ1) is 13.3. The molecule has 0 bridgehead atoms. The van der Waals surface area contributed by atoms with Gasteiger partial charge in [-0.25, -0.2) is 9.86 Å². The maximum Gasteiger partial charge on any atom is 0.339 e. The van der Waals surface area contributed by atoms with Crippen LogP contribution in [0.5, 0.6) is 0 Å². The molecule has 0 spiro atoms. The van der Waals surface area contributed by atoms with Crippen LogP contribution in [0.4, 0.5) is 0 Å². The van der Waals surface area contributed by atoms with Crippen LogP contribution in [0, 0.1) is 0 Å². The summed E-state index contributed by atoms with van der Waals surface area (Å²) in [5.41, 5.74) is -0.652. The summed E-state index contributed by atoms with van der Waals surface area (Å²) in [6.07, 6.45) is 0.401. The summed E-state index contributed by atoms with van der Waals surface area (Å²) in [5, 5.41) is 20.1. The zero-order valence-electron chi connectivity index (χ0n) is 10.9. The van der Waals surface area contributed by atoms with Crippen LogP contribution in [-0.2, 0) is 14.4 Å². The van der Waals surface area contributed by atoms with E-state index in [0.29, 0.717) is 17.7 Å². The van der Waals surface area contributed by atoms with Crippen molar-refractivity contribution in [2.24, 2.45) is 0 Å². The van der Waals surface area contributed by atoms with E-state index in [1.54, 1.807) is 6.92 Å². The van der Waals surface area contributed by atoms with Crippen molar-refractivity contribution in [3.8, 4) is 0 Å². The highest BCUT2D eigenvalue weighted by Gasteiger charge is 2.66. The number of carbonyl (C=O) groups is 1. The van der Waals surface area contributed by atoms with Crippen molar-refractivity contribution in [1.82, 2.24) is 5.06 Å². The van der Waals surface area contributed by atoms with Crippen LogP contribution in [0.3, 0.4) is 0 Å². The average Bonchev–Trinajstić information content (AvgIpc) is 2.53. The Morgan fingerprint density at radius 2 is 2.11 bits per heavy atom. The van der Waals surface area contributed by atoms with E-state index in [2.05, 4.69) is 0 Å². The van der Waals surface area contributed by atoms with Crippen LogP contribution in [0.25, 0.3) is 0 Å². The maximum absolute atomic E-state index is 12.2. The normalized spacial score (nSPS) is 29.1. The minimum Gasteiger partial charge on any atom is -0.464 e. The topological polar surface area (TPSA) is 79.2 Å². The van der Waals surface area contributed by atoms with Crippen LogP contribution in [0.2, 0.25) is 0 Å². The number of fused-ring (bicyclic) bond motifs is 1. The molecule has 0 aromatic heterocycles. The van der Waals surface area contributed by atoms with Gasteiger partial charge in [-0.05, 0) is 20.8 Å². The molecule has 0 radical (unpaired) electrons. The second kappa shape index (κ2) is 4.22. The lowest BCUT2D eigenvalue weighted by Crippen LogP contribution is -2.61. The molecule has 2 N–H and O–H groups in total. The molecule has 1 atom stereocenters. The van der Waals surface area contributed by atoms with E-state index in [0.717, 1.165) is 0 Å². The maximum atomic E-state index is 12.2. The number of nitrogens with zero attached hydrogens (tertiary/aromatic N) is 1. The van der Waals surface area contributed by atoms with Crippen molar-refractivity contribution in [2.75, 3.05) is 19.8 Å². The third-order valence-corrected chi connectivity index (χ3v) is 3.38. The summed E-state index contributed by atoms with van der Waals surface area (Å²) in [7, 11) is 0. The van der Waals surface area contributed by atoms with Crippen molar-refractivity contribution in [3.63, 3.8) is 0 Å². The van der Waals surface area contributed by atoms with Crippen molar-refractivity contribution >= 4 is 5.97 Å². The SMILES string of the molecule is CCOC(=O)C12CC(C)(C)ON1C(CO)=C2CO. The molecule has 6 heteroatoms. The van der Waals surface area contributed by atoms with Gasteiger partial charge in [-0.3, -0.25) is 4.84 Å². The Balaban J connectivity index is 2.40. The summed E-state index contributed by atoms with van der Waals surface area (Å²) >= 11 is 0.